The zero-order valence-corrected chi connectivity index (χ0v) is 18.4. The third-order valence-electron chi connectivity index (χ3n) is 5.36. The molecule has 1 unspecified atom stereocenters. The first-order chi connectivity index (χ1) is 15.7. The van der Waals surface area contributed by atoms with Crippen molar-refractivity contribution in [1.82, 2.24) is 0 Å². The summed E-state index contributed by atoms with van der Waals surface area (Å²) in [5, 5.41) is 21.5. The fraction of sp³-hybridized carbons (Fsp3) is 0.120. The number of benzene rings is 3. The van der Waals surface area contributed by atoms with Crippen molar-refractivity contribution in [2.75, 3.05) is 12.0 Å². The first-order valence-electron chi connectivity index (χ1n) is 9.93. The first-order valence-corrected chi connectivity index (χ1v) is 10.3. The molecule has 8 heteroatoms. The molecule has 0 spiro atoms. The molecule has 1 saturated heterocycles. The number of carbonyl (C=O) groups excluding carboxylic acids is 2. The van der Waals surface area contributed by atoms with Gasteiger partial charge in [-0.1, -0.05) is 29.8 Å². The predicted octanol–water partition coefficient (Wildman–Crippen LogP) is 5.13. The van der Waals surface area contributed by atoms with Crippen LogP contribution in [-0.4, -0.2) is 29.0 Å². The molecule has 0 bridgehead atoms. The van der Waals surface area contributed by atoms with Crippen molar-refractivity contribution in [3.63, 3.8) is 0 Å². The Labute approximate surface area is 194 Å². The molecular formula is C25H19ClFNO5. The molecule has 0 aromatic heterocycles. The maximum absolute atomic E-state index is 14.0. The number of rotatable bonds is 4. The fourth-order valence-electron chi connectivity index (χ4n) is 3.99. The number of ketones is 1. The van der Waals surface area contributed by atoms with E-state index in [1.165, 1.54) is 37.4 Å². The van der Waals surface area contributed by atoms with E-state index in [2.05, 4.69) is 0 Å². The van der Waals surface area contributed by atoms with Gasteiger partial charge in [0.2, 0.25) is 0 Å². The van der Waals surface area contributed by atoms with Gasteiger partial charge < -0.3 is 14.9 Å². The SMILES string of the molecule is COc1c(Cl)cc(C)cc1/C(O)=C1\C(=O)C(=O)N(c2cccc(F)c2)C1c1cccc(O)c1. The number of amides is 1. The van der Waals surface area contributed by atoms with Crippen LogP contribution < -0.4 is 9.64 Å². The molecule has 0 radical (unpaired) electrons. The van der Waals surface area contributed by atoms with E-state index in [9.17, 15) is 24.2 Å². The van der Waals surface area contributed by atoms with E-state index in [0.29, 0.717) is 11.1 Å². The molecule has 168 valence electrons. The Kier molecular flexibility index (Phi) is 5.82. The predicted molar refractivity (Wildman–Crippen MR) is 122 cm³/mol. The summed E-state index contributed by atoms with van der Waals surface area (Å²) < 4.78 is 19.3. The van der Waals surface area contributed by atoms with Crippen molar-refractivity contribution in [3.8, 4) is 11.5 Å². The number of aromatic hydroxyl groups is 1. The van der Waals surface area contributed by atoms with Gasteiger partial charge in [-0.05, 0) is 60.5 Å². The number of phenols is 1. The average molecular weight is 468 g/mol. The summed E-state index contributed by atoms with van der Waals surface area (Å²) in [5.41, 5.74) is 1.05. The number of hydrogen-bond acceptors (Lipinski definition) is 5. The molecule has 33 heavy (non-hydrogen) atoms. The number of phenolic OH excluding ortho intramolecular Hbond substituents is 1. The van der Waals surface area contributed by atoms with Crippen LogP contribution in [-0.2, 0) is 9.59 Å². The largest absolute Gasteiger partial charge is 0.508 e. The van der Waals surface area contributed by atoms with Gasteiger partial charge in [0, 0.05) is 5.69 Å². The lowest BCUT2D eigenvalue weighted by Crippen LogP contribution is -2.29. The molecule has 0 saturated carbocycles. The standard InChI is InChI=1S/C25H19ClFNO5/c1-13-9-18(24(33-2)19(26)10-13)22(30)20-21(14-5-3-8-17(29)11-14)28(25(32)23(20)31)16-7-4-6-15(27)12-16/h3-12,21,29-30H,1-2H3/b22-20+. The smallest absolute Gasteiger partial charge is 0.300 e. The Morgan fingerprint density at radius 2 is 1.82 bits per heavy atom. The summed E-state index contributed by atoms with van der Waals surface area (Å²) in [6.07, 6.45) is 0. The molecule has 1 atom stereocenters. The molecule has 1 fully saturated rings. The highest BCUT2D eigenvalue weighted by Gasteiger charge is 2.47. The van der Waals surface area contributed by atoms with E-state index < -0.39 is 29.3 Å². The van der Waals surface area contributed by atoms with Gasteiger partial charge in [-0.3, -0.25) is 14.5 Å². The van der Waals surface area contributed by atoms with E-state index in [1.807, 2.05) is 0 Å². The van der Waals surface area contributed by atoms with Crippen molar-refractivity contribution in [2.24, 2.45) is 0 Å². The Morgan fingerprint density at radius 3 is 2.48 bits per heavy atom. The van der Waals surface area contributed by atoms with Gasteiger partial charge >= 0.3 is 0 Å². The molecule has 6 nitrogen and oxygen atoms in total. The van der Waals surface area contributed by atoms with E-state index in [4.69, 9.17) is 16.3 Å². The van der Waals surface area contributed by atoms with Crippen LogP contribution in [0.15, 0.2) is 66.2 Å². The topological polar surface area (TPSA) is 87.1 Å². The average Bonchev–Trinajstić information content (AvgIpc) is 3.03. The van der Waals surface area contributed by atoms with Crippen LogP contribution in [0.3, 0.4) is 0 Å². The van der Waals surface area contributed by atoms with Crippen molar-refractivity contribution in [3.05, 3.63) is 93.8 Å². The van der Waals surface area contributed by atoms with Crippen LogP contribution in [0.25, 0.3) is 5.76 Å². The number of methoxy groups -OCH3 is 1. The summed E-state index contributed by atoms with van der Waals surface area (Å²) >= 11 is 6.27. The molecule has 1 aliphatic heterocycles. The molecule has 3 aromatic rings. The monoisotopic (exact) mass is 467 g/mol. The number of nitrogens with zero attached hydrogens (tertiary/aromatic N) is 1. The van der Waals surface area contributed by atoms with Crippen LogP contribution in [0.1, 0.15) is 22.7 Å². The highest BCUT2D eigenvalue weighted by Crippen LogP contribution is 2.45. The molecule has 0 aliphatic carbocycles. The second kappa shape index (κ2) is 8.60. The minimum atomic E-state index is -1.14. The number of aryl methyl sites for hydroxylation is 1. The molecule has 2 N–H and O–H groups in total. The lowest BCUT2D eigenvalue weighted by atomic mass is 9.94. The Balaban J connectivity index is 2.02. The number of carbonyl (C=O) groups is 2. The fourth-order valence-corrected chi connectivity index (χ4v) is 4.34. The third-order valence-corrected chi connectivity index (χ3v) is 5.64. The third kappa shape index (κ3) is 3.91. The molecule has 3 aromatic carbocycles. The van der Waals surface area contributed by atoms with E-state index >= 15 is 0 Å². The zero-order chi connectivity index (χ0) is 23.9. The summed E-state index contributed by atoms with van der Waals surface area (Å²) in [5.74, 6) is -2.99. The van der Waals surface area contributed by atoms with Crippen LogP contribution >= 0.6 is 11.6 Å². The van der Waals surface area contributed by atoms with E-state index in [0.717, 1.165) is 11.0 Å². The van der Waals surface area contributed by atoms with Gasteiger partial charge in [-0.2, -0.15) is 0 Å². The van der Waals surface area contributed by atoms with Gasteiger partial charge in [0.05, 0.1) is 29.3 Å². The number of aliphatic hydroxyl groups excluding tert-OH is 1. The second-order valence-corrected chi connectivity index (χ2v) is 7.98. The van der Waals surface area contributed by atoms with Crippen LogP contribution in [0.4, 0.5) is 10.1 Å². The number of hydrogen-bond donors (Lipinski definition) is 2. The van der Waals surface area contributed by atoms with Crippen LogP contribution in [0.5, 0.6) is 11.5 Å². The van der Waals surface area contributed by atoms with Gasteiger partial charge in [0.15, 0.2) is 0 Å². The zero-order valence-electron chi connectivity index (χ0n) is 17.7. The molecular weight excluding hydrogens is 449 g/mol. The minimum Gasteiger partial charge on any atom is -0.508 e. The van der Waals surface area contributed by atoms with Crippen LogP contribution in [0.2, 0.25) is 5.02 Å². The van der Waals surface area contributed by atoms with Gasteiger partial charge in [-0.15, -0.1) is 0 Å². The Morgan fingerprint density at radius 1 is 1.09 bits per heavy atom. The summed E-state index contributed by atoms with van der Waals surface area (Å²) in [7, 11) is 1.37. The lowest BCUT2D eigenvalue weighted by molar-refractivity contribution is -0.132. The number of halogens is 2. The number of Topliss-reactive ketones (excluding diaryl/α,β-unsaturated/α-hetero) is 1. The lowest BCUT2D eigenvalue weighted by Gasteiger charge is -2.25. The quantitative estimate of drug-likeness (QED) is 0.315. The van der Waals surface area contributed by atoms with E-state index in [-0.39, 0.29) is 33.3 Å². The van der Waals surface area contributed by atoms with E-state index in [1.54, 1.807) is 31.2 Å². The van der Waals surface area contributed by atoms with Crippen LogP contribution in [0, 0.1) is 12.7 Å². The number of ether oxygens (including phenoxy) is 1. The summed E-state index contributed by atoms with van der Waals surface area (Å²) in [6.45, 7) is 1.75. The number of anilines is 1. The summed E-state index contributed by atoms with van der Waals surface area (Å²) in [4.78, 5) is 27.4. The summed E-state index contributed by atoms with van der Waals surface area (Å²) in [6, 6.07) is 13.2. The molecule has 1 amide bonds. The first kappa shape index (κ1) is 22.4. The number of aliphatic hydroxyl groups is 1. The van der Waals surface area contributed by atoms with Gasteiger partial charge in [-0.25, -0.2) is 4.39 Å². The van der Waals surface area contributed by atoms with Crippen molar-refractivity contribution < 1.29 is 28.9 Å². The maximum atomic E-state index is 14.0. The van der Waals surface area contributed by atoms with Gasteiger partial charge in [0.1, 0.15) is 23.1 Å². The van der Waals surface area contributed by atoms with Crippen molar-refractivity contribution in [2.45, 2.75) is 13.0 Å². The molecule has 4 rings (SSSR count). The highest BCUT2D eigenvalue weighted by atomic mass is 35.5. The molecule has 1 aliphatic rings. The maximum Gasteiger partial charge on any atom is 0.300 e. The normalized spacial score (nSPS) is 17.5. The van der Waals surface area contributed by atoms with Crippen molar-refractivity contribution >= 4 is 34.7 Å². The molecule has 1 heterocycles. The van der Waals surface area contributed by atoms with Gasteiger partial charge in [0.25, 0.3) is 11.7 Å². The highest BCUT2D eigenvalue weighted by molar-refractivity contribution is 6.51. The minimum absolute atomic E-state index is 0.103. The Bertz CT molecular complexity index is 1320. The Hall–Kier alpha value is -3.84. The second-order valence-electron chi connectivity index (χ2n) is 7.57. The van der Waals surface area contributed by atoms with Crippen molar-refractivity contribution in [1.29, 1.82) is 0 Å².